The molecular formula is C12H19NO5. The number of ether oxygens (including phenoxy) is 1. The smallest absolute Gasteiger partial charge is 0.307 e. The first kappa shape index (κ1) is 13.3. The van der Waals surface area contributed by atoms with Gasteiger partial charge in [0.15, 0.2) is 0 Å². The number of rotatable bonds is 4. The molecule has 1 amide bonds. The predicted octanol–water partition coefficient (Wildman–Crippen LogP) is -0.389. The first-order valence-corrected chi connectivity index (χ1v) is 6.09. The molecule has 0 bridgehead atoms. The Labute approximate surface area is 105 Å². The van der Waals surface area contributed by atoms with Gasteiger partial charge in [0, 0.05) is 19.6 Å². The topological polar surface area (TPSA) is 95.9 Å². The Morgan fingerprint density at radius 1 is 1.39 bits per heavy atom. The summed E-state index contributed by atoms with van der Waals surface area (Å²) in [5, 5.41) is 21.6. The van der Waals surface area contributed by atoms with Crippen molar-refractivity contribution in [2.24, 2.45) is 17.3 Å². The summed E-state index contributed by atoms with van der Waals surface area (Å²) in [6.45, 7) is 4.35. The summed E-state index contributed by atoms with van der Waals surface area (Å²) in [6, 6.07) is 0. The normalized spacial score (nSPS) is 37.3. The molecule has 6 nitrogen and oxygen atoms in total. The number of carboxylic acid groups (broad SMARTS) is 1. The Bertz CT molecular complexity index is 373. The van der Waals surface area contributed by atoms with Gasteiger partial charge >= 0.3 is 5.97 Å². The minimum atomic E-state index is -1.01. The molecule has 1 saturated carbocycles. The number of carboxylic acids is 1. The number of aliphatic hydroxyl groups is 1. The van der Waals surface area contributed by atoms with Gasteiger partial charge in [0.1, 0.15) is 5.60 Å². The molecule has 1 saturated heterocycles. The predicted molar refractivity (Wildman–Crippen MR) is 61.8 cm³/mol. The van der Waals surface area contributed by atoms with Crippen LogP contribution < -0.4 is 5.32 Å². The third kappa shape index (κ3) is 2.22. The summed E-state index contributed by atoms with van der Waals surface area (Å²) in [4.78, 5) is 22.9. The maximum absolute atomic E-state index is 11.9. The molecule has 0 spiro atoms. The maximum atomic E-state index is 11.9. The third-order valence-electron chi connectivity index (χ3n) is 4.05. The molecular weight excluding hydrogens is 238 g/mol. The van der Waals surface area contributed by atoms with Crippen molar-refractivity contribution >= 4 is 11.9 Å². The zero-order chi connectivity index (χ0) is 13.6. The van der Waals surface area contributed by atoms with Gasteiger partial charge in [-0.25, -0.2) is 0 Å². The van der Waals surface area contributed by atoms with Gasteiger partial charge in [0.2, 0.25) is 5.91 Å². The number of nitrogens with one attached hydrogen (secondary N) is 1. The molecule has 1 heterocycles. The highest BCUT2D eigenvalue weighted by Crippen LogP contribution is 2.58. The minimum absolute atomic E-state index is 0.116. The summed E-state index contributed by atoms with van der Waals surface area (Å²) >= 11 is 0. The Kier molecular flexibility index (Phi) is 3.11. The van der Waals surface area contributed by atoms with E-state index in [2.05, 4.69) is 5.32 Å². The van der Waals surface area contributed by atoms with E-state index in [0.29, 0.717) is 13.0 Å². The van der Waals surface area contributed by atoms with Gasteiger partial charge in [-0.05, 0) is 5.41 Å². The molecule has 0 aromatic carbocycles. The van der Waals surface area contributed by atoms with E-state index >= 15 is 0 Å². The Morgan fingerprint density at radius 2 is 2.06 bits per heavy atom. The molecule has 0 aromatic heterocycles. The second-order valence-electron chi connectivity index (χ2n) is 5.86. The van der Waals surface area contributed by atoms with Crippen molar-refractivity contribution in [1.29, 1.82) is 0 Å². The van der Waals surface area contributed by atoms with E-state index in [1.54, 1.807) is 13.8 Å². The van der Waals surface area contributed by atoms with E-state index < -0.39 is 28.8 Å². The molecule has 0 aromatic rings. The van der Waals surface area contributed by atoms with Crippen LogP contribution in [0.4, 0.5) is 0 Å². The fraction of sp³-hybridized carbons (Fsp3) is 0.833. The second-order valence-corrected chi connectivity index (χ2v) is 5.86. The summed E-state index contributed by atoms with van der Waals surface area (Å²) in [5.41, 5.74) is -1.52. The lowest BCUT2D eigenvalue weighted by Gasteiger charge is -2.20. The molecule has 3 unspecified atom stereocenters. The number of amides is 1. The number of hydrogen-bond donors (Lipinski definition) is 3. The van der Waals surface area contributed by atoms with Crippen molar-refractivity contribution in [2.45, 2.75) is 25.9 Å². The van der Waals surface area contributed by atoms with Crippen molar-refractivity contribution < 1.29 is 24.5 Å². The van der Waals surface area contributed by atoms with E-state index in [4.69, 9.17) is 9.84 Å². The van der Waals surface area contributed by atoms with E-state index in [0.717, 1.165) is 0 Å². The number of aliphatic carboxylic acids is 1. The van der Waals surface area contributed by atoms with Gasteiger partial charge in [-0.2, -0.15) is 0 Å². The molecule has 102 valence electrons. The lowest BCUT2D eigenvalue weighted by molar-refractivity contribution is -0.140. The summed E-state index contributed by atoms with van der Waals surface area (Å²) < 4.78 is 5.07. The average molecular weight is 257 g/mol. The Morgan fingerprint density at radius 3 is 2.50 bits per heavy atom. The van der Waals surface area contributed by atoms with E-state index in [1.165, 1.54) is 0 Å². The lowest BCUT2D eigenvalue weighted by Crippen LogP contribution is -2.44. The van der Waals surface area contributed by atoms with Crippen molar-refractivity contribution in [2.75, 3.05) is 19.8 Å². The summed E-state index contributed by atoms with van der Waals surface area (Å²) in [6.07, 6.45) is 0.490. The van der Waals surface area contributed by atoms with Gasteiger partial charge in [-0.1, -0.05) is 13.8 Å². The standard InChI is InChI=1S/C12H19NO5/c1-11(2)7(8(11)10(15)16)9(14)13-5-12(17)3-4-18-6-12/h7-8,17H,3-6H2,1-2H3,(H,13,14)(H,15,16). The van der Waals surface area contributed by atoms with Gasteiger partial charge in [0.05, 0.1) is 18.4 Å². The quantitative estimate of drug-likeness (QED) is 0.637. The molecule has 0 radical (unpaired) electrons. The highest BCUT2D eigenvalue weighted by Gasteiger charge is 2.65. The van der Waals surface area contributed by atoms with Crippen molar-refractivity contribution in [3.05, 3.63) is 0 Å². The van der Waals surface area contributed by atoms with E-state index in [1.807, 2.05) is 0 Å². The van der Waals surface area contributed by atoms with Crippen molar-refractivity contribution in [1.82, 2.24) is 5.32 Å². The van der Waals surface area contributed by atoms with Crippen LogP contribution in [0.15, 0.2) is 0 Å². The van der Waals surface area contributed by atoms with Crippen LogP contribution in [0, 0.1) is 17.3 Å². The van der Waals surface area contributed by atoms with Crippen LogP contribution in [-0.2, 0) is 14.3 Å². The molecule has 18 heavy (non-hydrogen) atoms. The fourth-order valence-corrected chi connectivity index (χ4v) is 2.69. The zero-order valence-corrected chi connectivity index (χ0v) is 10.6. The first-order valence-electron chi connectivity index (χ1n) is 6.09. The molecule has 6 heteroatoms. The van der Waals surface area contributed by atoms with Crippen LogP contribution in [-0.4, -0.2) is 47.4 Å². The van der Waals surface area contributed by atoms with Gasteiger partial charge in [-0.15, -0.1) is 0 Å². The van der Waals surface area contributed by atoms with Crippen LogP contribution in [0.1, 0.15) is 20.3 Å². The molecule has 2 aliphatic rings. The number of carbonyl (C=O) groups is 2. The van der Waals surface area contributed by atoms with Gasteiger partial charge < -0.3 is 20.3 Å². The molecule has 3 N–H and O–H groups in total. The third-order valence-corrected chi connectivity index (χ3v) is 4.05. The highest BCUT2D eigenvalue weighted by molar-refractivity contribution is 5.91. The van der Waals surface area contributed by atoms with Crippen LogP contribution in [0.25, 0.3) is 0 Å². The number of carbonyl (C=O) groups excluding carboxylic acids is 1. The summed E-state index contributed by atoms with van der Waals surface area (Å²) in [7, 11) is 0. The van der Waals surface area contributed by atoms with Crippen LogP contribution in [0.5, 0.6) is 0 Å². The molecule has 1 aliphatic carbocycles. The average Bonchev–Trinajstić information content (AvgIpc) is 2.64. The van der Waals surface area contributed by atoms with E-state index in [9.17, 15) is 14.7 Å². The molecule has 3 atom stereocenters. The van der Waals surface area contributed by atoms with Gasteiger partial charge in [-0.3, -0.25) is 9.59 Å². The monoisotopic (exact) mass is 257 g/mol. The van der Waals surface area contributed by atoms with Crippen LogP contribution in [0.3, 0.4) is 0 Å². The largest absolute Gasteiger partial charge is 0.481 e. The van der Waals surface area contributed by atoms with E-state index in [-0.39, 0.29) is 19.1 Å². The Hall–Kier alpha value is -1.14. The summed E-state index contributed by atoms with van der Waals surface area (Å²) in [5.74, 6) is -2.39. The first-order chi connectivity index (χ1) is 8.28. The SMILES string of the molecule is CC1(C)C(C(=O)O)C1C(=O)NCC1(O)CCOC1. The molecule has 2 fully saturated rings. The lowest BCUT2D eigenvalue weighted by atomic mass is 10.0. The highest BCUT2D eigenvalue weighted by atomic mass is 16.5. The molecule has 1 aliphatic heterocycles. The fourth-order valence-electron chi connectivity index (χ4n) is 2.69. The van der Waals surface area contributed by atoms with Crippen LogP contribution >= 0.6 is 0 Å². The van der Waals surface area contributed by atoms with Crippen LogP contribution in [0.2, 0.25) is 0 Å². The Balaban J connectivity index is 1.88. The van der Waals surface area contributed by atoms with Crippen molar-refractivity contribution in [3.63, 3.8) is 0 Å². The zero-order valence-electron chi connectivity index (χ0n) is 10.6. The van der Waals surface area contributed by atoms with Gasteiger partial charge in [0.25, 0.3) is 0 Å². The second kappa shape index (κ2) is 4.20. The molecule has 2 rings (SSSR count). The van der Waals surface area contributed by atoms with Crippen molar-refractivity contribution in [3.8, 4) is 0 Å². The minimum Gasteiger partial charge on any atom is -0.481 e. The number of hydrogen-bond acceptors (Lipinski definition) is 4. The maximum Gasteiger partial charge on any atom is 0.307 e.